The molecule has 0 radical (unpaired) electrons. The van der Waals surface area contributed by atoms with Crippen LogP contribution in [0.1, 0.15) is 6.42 Å². The lowest BCUT2D eigenvalue weighted by molar-refractivity contribution is -0.139. The molecular formula is C18H21N3O5. The molecule has 8 nitrogen and oxygen atoms in total. The smallest absolute Gasteiger partial charge is 0.228 e. The summed E-state index contributed by atoms with van der Waals surface area (Å²) in [6.07, 6.45) is 1.02. The Bertz CT molecular complexity index is 730. The van der Waals surface area contributed by atoms with Gasteiger partial charge in [0.2, 0.25) is 18.2 Å². The molecule has 0 aromatic heterocycles. The lowest BCUT2D eigenvalue weighted by Crippen LogP contribution is -2.50. The number of carbonyl (C=O) groups is 3. The first-order valence-corrected chi connectivity index (χ1v) is 8.84. The zero-order chi connectivity index (χ0) is 18.1. The Kier molecular flexibility index (Phi) is 4.40. The molecule has 0 saturated carbocycles. The molecule has 2 saturated heterocycles. The largest absolute Gasteiger partial charge is 0.486 e. The van der Waals surface area contributed by atoms with Gasteiger partial charge in [0.1, 0.15) is 13.2 Å². The van der Waals surface area contributed by atoms with Crippen LogP contribution in [-0.4, -0.2) is 74.0 Å². The number of fused-ring (bicyclic) bond motifs is 1. The van der Waals surface area contributed by atoms with Gasteiger partial charge in [-0.15, -0.1) is 0 Å². The highest BCUT2D eigenvalue weighted by atomic mass is 16.6. The molecule has 1 unspecified atom stereocenters. The van der Waals surface area contributed by atoms with Crippen LogP contribution in [0.4, 0.5) is 5.69 Å². The Balaban J connectivity index is 1.44. The molecule has 2 fully saturated rings. The highest BCUT2D eigenvalue weighted by Gasteiger charge is 2.38. The average Bonchev–Trinajstić information content (AvgIpc) is 3.08. The maximum atomic E-state index is 12.7. The summed E-state index contributed by atoms with van der Waals surface area (Å²) in [7, 11) is 0. The van der Waals surface area contributed by atoms with Gasteiger partial charge in [-0.05, 0) is 12.1 Å². The van der Waals surface area contributed by atoms with E-state index >= 15 is 0 Å². The second-order valence-electron chi connectivity index (χ2n) is 6.70. The van der Waals surface area contributed by atoms with E-state index in [4.69, 9.17) is 9.47 Å². The predicted octanol–water partition coefficient (Wildman–Crippen LogP) is 0.111. The van der Waals surface area contributed by atoms with Crippen LogP contribution in [0, 0.1) is 5.92 Å². The van der Waals surface area contributed by atoms with Gasteiger partial charge in [0.05, 0.1) is 5.92 Å². The summed E-state index contributed by atoms with van der Waals surface area (Å²) in [5, 5.41) is 0. The summed E-state index contributed by atoms with van der Waals surface area (Å²) < 4.78 is 11.1. The molecule has 0 bridgehead atoms. The molecule has 3 aliphatic rings. The first kappa shape index (κ1) is 16.7. The van der Waals surface area contributed by atoms with E-state index in [1.807, 2.05) is 6.07 Å². The van der Waals surface area contributed by atoms with E-state index < -0.39 is 0 Å². The molecule has 1 aromatic carbocycles. The molecule has 3 aliphatic heterocycles. The third-order valence-corrected chi connectivity index (χ3v) is 5.09. The monoisotopic (exact) mass is 359 g/mol. The molecule has 1 atom stereocenters. The first-order valence-electron chi connectivity index (χ1n) is 8.84. The van der Waals surface area contributed by atoms with E-state index in [-0.39, 0.29) is 24.2 Å². The van der Waals surface area contributed by atoms with Gasteiger partial charge in [-0.1, -0.05) is 0 Å². The van der Waals surface area contributed by atoms with E-state index in [2.05, 4.69) is 0 Å². The van der Waals surface area contributed by atoms with E-state index in [1.54, 1.807) is 26.8 Å². The average molecular weight is 359 g/mol. The number of nitrogens with zero attached hydrogens (tertiary/aromatic N) is 3. The van der Waals surface area contributed by atoms with E-state index in [1.165, 1.54) is 0 Å². The Hall–Kier alpha value is -2.77. The van der Waals surface area contributed by atoms with Crippen LogP contribution in [-0.2, 0) is 14.4 Å². The second kappa shape index (κ2) is 6.86. The van der Waals surface area contributed by atoms with Gasteiger partial charge in [-0.2, -0.15) is 0 Å². The summed E-state index contributed by atoms with van der Waals surface area (Å²) in [5.41, 5.74) is 0.723. The molecule has 0 spiro atoms. The molecule has 3 amide bonds. The number of hydrogen-bond acceptors (Lipinski definition) is 5. The third-order valence-electron chi connectivity index (χ3n) is 5.09. The van der Waals surface area contributed by atoms with Crippen molar-refractivity contribution in [3.8, 4) is 11.5 Å². The van der Waals surface area contributed by atoms with Crippen LogP contribution in [0.3, 0.4) is 0 Å². The van der Waals surface area contributed by atoms with Crippen LogP contribution < -0.4 is 14.4 Å². The van der Waals surface area contributed by atoms with E-state index in [0.29, 0.717) is 57.4 Å². The lowest BCUT2D eigenvalue weighted by atomic mass is 10.1. The van der Waals surface area contributed by atoms with Crippen LogP contribution in [0.5, 0.6) is 11.5 Å². The lowest BCUT2D eigenvalue weighted by Gasteiger charge is -2.33. The molecule has 0 aliphatic carbocycles. The summed E-state index contributed by atoms with van der Waals surface area (Å²) in [6, 6.07) is 5.41. The number of carbonyl (C=O) groups excluding carboxylic acids is 3. The summed E-state index contributed by atoms with van der Waals surface area (Å²) in [4.78, 5) is 41.1. The SMILES string of the molecule is O=CN1CCN(C(=O)C2CC(=O)N(c3ccc4c(c3)OCCO4)C2)CC1. The van der Waals surface area contributed by atoms with Crippen molar-refractivity contribution in [1.29, 1.82) is 0 Å². The third kappa shape index (κ3) is 3.07. The Morgan fingerprint density at radius 3 is 2.54 bits per heavy atom. The Labute approximate surface area is 151 Å². The highest BCUT2D eigenvalue weighted by molar-refractivity contribution is 6.00. The Morgan fingerprint density at radius 2 is 1.81 bits per heavy atom. The number of amides is 3. The summed E-state index contributed by atoms with van der Waals surface area (Å²) >= 11 is 0. The van der Waals surface area contributed by atoms with Crippen molar-refractivity contribution in [2.45, 2.75) is 6.42 Å². The van der Waals surface area contributed by atoms with Gasteiger partial charge in [-0.25, -0.2) is 0 Å². The van der Waals surface area contributed by atoms with Gasteiger partial charge in [0.15, 0.2) is 11.5 Å². The van der Waals surface area contributed by atoms with Gasteiger partial charge < -0.3 is 24.2 Å². The van der Waals surface area contributed by atoms with Crippen molar-refractivity contribution in [1.82, 2.24) is 9.80 Å². The fraction of sp³-hybridized carbons (Fsp3) is 0.500. The number of benzene rings is 1. The minimum atomic E-state index is -0.349. The number of anilines is 1. The summed E-state index contributed by atoms with van der Waals surface area (Å²) in [6.45, 7) is 3.49. The van der Waals surface area contributed by atoms with Gasteiger partial charge in [0, 0.05) is 50.9 Å². The minimum Gasteiger partial charge on any atom is -0.486 e. The maximum absolute atomic E-state index is 12.7. The van der Waals surface area contributed by atoms with Gasteiger partial charge in [0.25, 0.3) is 0 Å². The van der Waals surface area contributed by atoms with Gasteiger partial charge >= 0.3 is 0 Å². The van der Waals surface area contributed by atoms with Crippen molar-refractivity contribution >= 4 is 23.9 Å². The fourth-order valence-electron chi connectivity index (χ4n) is 3.63. The van der Waals surface area contributed by atoms with Crippen molar-refractivity contribution in [2.75, 3.05) is 50.8 Å². The zero-order valence-corrected chi connectivity index (χ0v) is 14.4. The molecular weight excluding hydrogens is 338 g/mol. The standard InChI is InChI=1S/C18H21N3O5/c22-12-19-3-5-20(6-4-19)18(24)13-9-17(23)21(11-13)14-1-2-15-16(10-14)26-8-7-25-15/h1-2,10,12-13H,3-9,11H2. The number of rotatable bonds is 3. The fourth-order valence-corrected chi connectivity index (χ4v) is 3.63. The first-order chi connectivity index (χ1) is 12.7. The topological polar surface area (TPSA) is 79.4 Å². The molecule has 0 N–H and O–H groups in total. The predicted molar refractivity (Wildman–Crippen MR) is 92.1 cm³/mol. The van der Waals surface area contributed by atoms with Gasteiger partial charge in [-0.3, -0.25) is 14.4 Å². The zero-order valence-electron chi connectivity index (χ0n) is 14.4. The van der Waals surface area contributed by atoms with Crippen LogP contribution >= 0.6 is 0 Å². The second-order valence-corrected chi connectivity index (χ2v) is 6.70. The molecule has 26 heavy (non-hydrogen) atoms. The number of hydrogen-bond donors (Lipinski definition) is 0. The Morgan fingerprint density at radius 1 is 1.08 bits per heavy atom. The van der Waals surface area contributed by atoms with Crippen LogP contribution in [0.15, 0.2) is 18.2 Å². The molecule has 3 heterocycles. The molecule has 8 heteroatoms. The molecule has 138 valence electrons. The van der Waals surface area contributed by atoms with Crippen molar-refractivity contribution in [3.05, 3.63) is 18.2 Å². The van der Waals surface area contributed by atoms with Crippen LogP contribution in [0.2, 0.25) is 0 Å². The molecule has 1 aromatic rings. The minimum absolute atomic E-state index is 0.0102. The number of ether oxygens (including phenoxy) is 2. The molecule has 4 rings (SSSR count). The van der Waals surface area contributed by atoms with Crippen molar-refractivity contribution < 1.29 is 23.9 Å². The van der Waals surface area contributed by atoms with E-state index in [9.17, 15) is 14.4 Å². The normalized spacial score (nSPS) is 22.5. The van der Waals surface area contributed by atoms with E-state index in [0.717, 1.165) is 12.1 Å². The highest BCUT2D eigenvalue weighted by Crippen LogP contribution is 2.36. The number of piperazine rings is 1. The van der Waals surface area contributed by atoms with Crippen LogP contribution in [0.25, 0.3) is 0 Å². The summed E-state index contributed by atoms with van der Waals surface area (Å²) in [5.74, 6) is 0.877. The maximum Gasteiger partial charge on any atom is 0.228 e. The van der Waals surface area contributed by atoms with Crippen molar-refractivity contribution in [3.63, 3.8) is 0 Å². The van der Waals surface area contributed by atoms with Crippen molar-refractivity contribution in [2.24, 2.45) is 5.92 Å². The quantitative estimate of drug-likeness (QED) is 0.716.